The first-order valence-electron chi connectivity index (χ1n) is 9.60. The van der Waals surface area contributed by atoms with E-state index in [9.17, 15) is 14.4 Å². The van der Waals surface area contributed by atoms with Crippen molar-refractivity contribution in [3.63, 3.8) is 0 Å². The summed E-state index contributed by atoms with van der Waals surface area (Å²) in [7, 11) is 1.33. The van der Waals surface area contributed by atoms with Gasteiger partial charge in [0, 0.05) is 28.9 Å². The van der Waals surface area contributed by atoms with Gasteiger partial charge in [-0.15, -0.1) is 0 Å². The molecular formula is C21H27ClN4O5. The Morgan fingerprint density at radius 3 is 2.39 bits per heavy atom. The molecule has 168 valence electrons. The lowest BCUT2D eigenvalue weighted by atomic mass is 9.86. The fraction of sp³-hybridized carbons (Fsp3) is 0.381. The molecule has 1 aliphatic rings. The minimum atomic E-state index is -0.559. The molecule has 31 heavy (non-hydrogen) atoms. The van der Waals surface area contributed by atoms with Crippen LogP contribution in [0.15, 0.2) is 47.3 Å². The average molecular weight is 451 g/mol. The van der Waals surface area contributed by atoms with Gasteiger partial charge in [0.25, 0.3) is 0 Å². The molecule has 1 aromatic rings. The number of ether oxygens (including phenoxy) is 2. The van der Waals surface area contributed by atoms with Gasteiger partial charge in [-0.25, -0.2) is 4.79 Å². The number of nitrogens with zero attached hydrogens (tertiary/aromatic N) is 1. The highest BCUT2D eigenvalue weighted by Crippen LogP contribution is 2.36. The number of dihydropyridines is 1. The molecule has 10 heteroatoms. The second-order valence-electron chi connectivity index (χ2n) is 7.04. The zero-order valence-corrected chi connectivity index (χ0v) is 18.3. The zero-order chi connectivity index (χ0) is 23.0. The summed E-state index contributed by atoms with van der Waals surface area (Å²) < 4.78 is 10.7. The molecule has 0 saturated heterocycles. The summed E-state index contributed by atoms with van der Waals surface area (Å²) in [5.41, 5.74) is 13.0. The van der Waals surface area contributed by atoms with Gasteiger partial charge >= 0.3 is 5.97 Å². The summed E-state index contributed by atoms with van der Waals surface area (Å²) in [6.07, 6.45) is 1.87. The summed E-state index contributed by atoms with van der Waals surface area (Å²) >= 11 is 6.37. The third kappa shape index (κ3) is 7.09. The van der Waals surface area contributed by atoms with Crippen molar-refractivity contribution in [2.75, 3.05) is 40.0 Å². The van der Waals surface area contributed by atoms with Crippen LogP contribution in [0.1, 0.15) is 18.4 Å². The van der Waals surface area contributed by atoms with Crippen LogP contribution in [0.25, 0.3) is 0 Å². The monoisotopic (exact) mass is 450 g/mol. The first-order chi connectivity index (χ1) is 14.7. The van der Waals surface area contributed by atoms with Gasteiger partial charge in [0.05, 0.1) is 39.0 Å². The first kappa shape index (κ1) is 24.4. The molecule has 1 unspecified atom stereocenters. The molecule has 2 rings (SSSR count). The molecular weight excluding hydrogens is 424 g/mol. The topological polar surface area (TPSA) is 137 Å². The largest absolute Gasteiger partial charge is 0.466 e. The second kappa shape index (κ2) is 11.5. The number of nitrogens with one attached hydrogen (secondary N) is 1. The van der Waals surface area contributed by atoms with Gasteiger partial charge in [-0.3, -0.25) is 14.5 Å². The van der Waals surface area contributed by atoms with Crippen LogP contribution in [0, 0.1) is 0 Å². The predicted molar refractivity (Wildman–Crippen MR) is 116 cm³/mol. The van der Waals surface area contributed by atoms with E-state index in [1.54, 1.807) is 13.0 Å². The molecule has 1 atom stereocenters. The lowest BCUT2D eigenvalue weighted by Gasteiger charge is -2.27. The summed E-state index contributed by atoms with van der Waals surface area (Å²) in [6.45, 7) is 2.36. The van der Waals surface area contributed by atoms with E-state index in [-0.39, 0.29) is 26.3 Å². The Morgan fingerprint density at radius 2 is 1.81 bits per heavy atom. The van der Waals surface area contributed by atoms with Crippen molar-refractivity contribution < 1.29 is 23.9 Å². The quantitative estimate of drug-likeness (QED) is 0.332. The Morgan fingerprint density at radius 1 is 1.16 bits per heavy atom. The number of benzene rings is 1. The Balaban J connectivity index is 2.09. The van der Waals surface area contributed by atoms with E-state index < -0.39 is 23.7 Å². The molecule has 5 N–H and O–H groups in total. The highest BCUT2D eigenvalue weighted by molar-refractivity contribution is 6.31. The number of carbonyl (C=O) groups excluding carboxylic acids is 3. The number of carbonyl (C=O) groups is 3. The van der Waals surface area contributed by atoms with Gasteiger partial charge in [-0.2, -0.15) is 0 Å². The van der Waals surface area contributed by atoms with Crippen LogP contribution in [-0.4, -0.2) is 62.6 Å². The number of nitrogens with two attached hydrogens (primary N) is 2. The summed E-state index contributed by atoms with van der Waals surface area (Å²) in [5.74, 6) is -1.96. The molecule has 0 bridgehead atoms. The van der Waals surface area contributed by atoms with Gasteiger partial charge in [0.2, 0.25) is 11.8 Å². The lowest BCUT2D eigenvalue weighted by Crippen LogP contribution is -2.41. The smallest absolute Gasteiger partial charge is 0.336 e. The average Bonchev–Trinajstić information content (AvgIpc) is 2.69. The number of halogens is 1. The third-order valence-corrected chi connectivity index (χ3v) is 4.99. The van der Waals surface area contributed by atoms with Gasteiger partial charge in [-0.1, -0.05) is 35.9 Å². The van der Waals surface area contributed by atoms with Crippen LogP contribution in [0.5, 0.6) is 0 Å². The van der Waals surface area contributed by atoms with E-state index in [0.29, 0.717) is 22.8 Å². The van der Waals surface area contributed by atoms with Crippen molar-refractivity contribution in [3.05, 3.63) is 57.9 Å². The lowest BCUT2D eigenvalue weighted by molar-refractivity contribution is -0.136. The molecule has 0 aliphatic carbocycles. The molecule has 0 fully saturated rings. The SMILES string of the molecule is COC(=O)C1=C(C)NC(COCCN(CC(N)=O)CC(N)=O)=CC1c1ccccc1Cl. The van der Waals surface area contributed by atoms with Crippen LogP contribution in [0.4, 0.5) is 0 Å². The molecule has 0 radical (unpaired) electrons. The number of hydrogen-bond donors (Lipinski definition) is 3. The van der Waals surface area contributed by atoms with E-state index in [2.05, 4.69) is 5.32 Å². The number of amides is 2. The van der Waals surface area contributed by atoms with Gasteiger partial charge in [0.1, 0.15) is 0 Å². The standard InChI is InChI=1S/C21H27ClN4O5/c1-13-20(21(29)30-2)16(15-5-3-4-6-17(15)22)9-14(25-13)12-31-8-7-26(10-18(23)27)11-19(24)28/h3-6,9,16,25H,7-8,10-12H2,1-2H3,(H2,23,27)(H2,24,28). The molecule has 1 heterocycles. The van der Waals surface area contributed by atoms with Crippen LogP contribution in [0.2, 0.25) is 5.02 Å². The highest BCUT2D eigenvalue weighted by atomic mass is 35.5. The molecule has 0 saturated carbocycles. The Labute approximate surface area is 186 Å². The Bertz CT molecular complexity index is 884. The molecule has 1 aliphatic heterocycles. The van der Waals surface area contributed by atoms with Gasteiger partial charge in [-0.05, 0) is 18.6 Å². The van der Waals surface area contributed by atoms with Gasteiger partial charge < -0.3 is 26.3 Å². The first-order valence-corrected chi connectivity index (χ1v) is 9.98. The third-order valence-electron chi connectivity index (χ3n) is 4.64. The van der Waals surface area contributed by atoms with Crippen LogP contribution >= 0.6 is 11.6 Å². The van der Waals surface area contributed by atoms with E-state index >= 15 is 0 Å². The van der Waals surface area contributed by atoms with E-state index in [1.807, 2.05) is 24.3 Å². The molecule has 0 spiro atoms. The summed E-state index contributed by atoms with van der Waals surface area (Å²) in [4.78, 5) is 36.2. The molecule has 9 nitrogen and oxygen atoms in total. The Kier molecular flexibility index (Phi) is 9.04. The second-order valence-corrected chi connectivity index (χ2v) is 7.45. The van der Waals surface area contributed by atoms with E-state index in [1.165, 1.54) is 12.0 Å². The van der Waals surface area contributed by atoms with Crippen molar-refractivity contribution in [1.82, 2.24) is 10.2 Å². The fourth-order valence-corrected chi connectivity index (χ4v) is 3.60. The fourth-order valence-electron chi connectivity index (χ4n) is 3.34. The van der Waals surface area contributed by atoms with E-state index in [4.69, 9.17) is 32.5 Å². The van der Waals surface area contributed by atoms with Crippen molar-refractivity contribution in [3.8, 4) is 0 Å². The Hall–Kier alpha value is -2.88. The zero-order valence-electron chi connectivity index (χ0n) is 17.5. The number of methoxy groups -OCH3 is 1. The van der Waals surface area contributed by atoms with Crippen molar-refractivity contribution in [2.45, 2.75) is 12.8 Å². The van der Waals surface area contributed by atoms with E-state index in [0.717, 1.165) is 11.3 Å². The minimum absolute atomic E-state index is 0.0911. The number of primary amides is 2. The highest BCUT2D eigenvalue weighted by Gasteiger charge is 2.29. The van der Waals surface area contributed by atoms with Crippen molar-refractivity contribution >= 4 is 29.4 Å². The minimum Gasteiger partial charge on any atom is -0.466 e. The maximum atomic E-state index is 12.4. The van der Waals surface area contributed by atoms with Crippen LogP contribution < -0.4 is 16.8 Å². The van der Waals surface area contributed by atoms with Crippen molar-refractivity contribution in [2.24, 2.45) is 11.5 Å². The molecule has 2 amide bonds. The summed E-state index contributed by atoms with van der Waals surface area (Å²) in [5, 5.41) is 3.70. The van der Waals surface area contributed by atoms with Gasteiger partial charge in [0.15, 0.2) is 0 Å². The normalized spacial score (nSPS) is 16.0. The molecule has 0 aromatic heterocycles. The number of allylic oxidation sites excluding steroid dienone is 2. The predicted octanol–water partition coefficient (Wildman–Crippen LogP) is 0.647. The van der Waals surface area contributed by atoms with Crippen LogP contribution in [-0.2, 0) is 23.9 Å². The maximum Gasteiger partial charge on any atom is 0.336 e. The van der Waals surface area contributed by atoms with Crippen LogP contribution in [0.3, 0.4) is 0 Å². The number of rotatable bonds is 11. The van der Waals surface area contributed by atoms with Crippen molar-refractivity contribution in [1.29, 1.82) is 0 Å². The maximum absolute atomic E-state index is 12.4. The molecule has 1 aromatic carbocycles. The number of esters is 1. The number of hydrogen-bond acceptors (Lipinski definition) is 7. The summed E-state index contributed by atoms with van der Waals surface area (Å²) in [6, 6.07) is 7.29.